The number of carbonyl (C=O) groups excluding carboxylic acids is 1. The highest BCUT2D eigenvalue weighted by Crippen LogP contribution is 2.22. The molecule has 2 aromatic carbocycles. The van der Waals surface area contributed by atoms with E-state index in [9.17, 15) is 13.2 Å². The molecule has 0 radical (unpaired) electrons. The Kier molecular flexibility index (Phi) is 7.89. The highest BCUT2D eigenvalue weighted by molar-refractivity contribution is 7.89. The number of halogens is 1. The van der Waals surface area contributed by atoms with Gasteiger partial charge in [0.2, 0.25) is 15.9 Å². The summed E-state index contributed by atoms with van der Waals surface area (Å²) in [6.45, 7) is 2.30. The molecule has 3 aromatic rings. The van der Waals surface area contributed by atoms with Gasteiger partial charge in [-0.25, -0.2) is 18.1 Å². The van der Waals surface area contributed by atoms with Crippen molar-refractivity contribution in [3.63, 3.8) is 0 Å². The molecule has 2 N–H and O–H groups in total. The van der Waals surface area contributed by atoms with Crippen LogP contribution in [0.1, 0.15) is 30.8 Å². The van der Waals surface area contributed by atoms with Crippen LogP contribution < -0.4 is 14.8 Å². The third-order valence-corrected chi connectivity index (χ3v) is 6.44. The van der Waals surface area contributed by atoms with Crippen LogP contribution >= 0.6 is 11.6 Å². The van der Waals surface area contributed by atoms with Gasteiger partial charge in [0.05, 0.1) is 11.5 Å². The van der Waals surface area contributed by atoms with E-state index in [-0.39, 0.29) is 23.8 Å². The van der Waals surface area contributed by atoms with Crippen LogP contribution in [0.25, 0.3) is 0 Å². The van der Waals surface area contributed by atoms with Crippen molar-refractivity contribution in [2.75, 3.05) is 13.2 Å². The number of sulfonamides is 1. The Labute approximate surface area is 192 Å². The topological polar surface area (TPSA) is 102 Å². The number of nitrogens with zero attached hydrogens (tertiary/aromatic N) is 2. The quantitative estimate of drug-likeness (QED) is 0.468. The van der Waals surface area contributed by atoms with E-state index in [0.717, 1.165) is 5.56 Å². The number of benzene rings is 2. The summed E-state index contributed by atoms with van der Waals surface area (Å²) in [6.07, 6.45) is 3.40. The van der Waals surface area contributed by atoms with E-state index in [0.29, 0.717) is 23.2 Å². The molecule has 32 heavy (non-hydrogen) atoms. The van der Waals surface area contributed by atoms with Crippen molar-refractivity contribution in [1.29, 1.82) is 0 Å². The fourth-order valence-corrected chi connectivity index (χ4v) is 4.26. The Morgan fingerprint density at radius 3 is 2.44 bits per heavy atom. The lowest BCUT2D eigenvalue weighted by molar-refractivity contribution is -0.121. The Hall–Kier alpha value is -2.88. The molecule has 170 valence electrons. The summed E-state index contributed by atoms with van der Waals surface area (Å²) in [5, 5.41) is 3.51. The molecule has 0 saturated heterocycles. The van der Waals surface area contributed by atoms with E-state index in [4.69, 9.17) is 16.3 Å². The van der Waals surface area contributed by atoms with Gasteiger partial charge < -0.3 is 14.6 Å². The largest absolute Gasteiger partial charge is 0.494 e. The number of imidazole rings is 1. The minimum atomic E-state index is -3.74. The van der Waals surface area contributed by atoms with Crippen molar-refractivity contribution >= 4 is 27.5 Å². The van der Waals surface area contributed by atoms with Crippen LogP contribution in [0, 0.1) is 0 Å². The number of hydrogen-bond donors (Lipinski definition) is 2. The zero-order valence-electron chi connectivity index (χ0n) is 17.8. The molecule has 0 fully saturated rings. The number of carbonyl (C=O) groups is 1. The first kappa shape index (κ1) is 23.8. The monoisotopic (exact) mass is 476 g/mol. The summed E-state index contributed by atoms with van der Waals surface area (Å²) in [5.41, 5.74) is 0.812. The lowest BCUT2D eigenvalue weighted by Crippen LogP contribution is -2.34. The number of amides is 1. The fourth-order valence-electron chi connectivity index (χ4n) is 3.10. The molecule has 3 rings (SSSR count). The molecule has 1 aromatic heterocycles. The van der Waals surface area contributed by atoms with E-state index in [1.54, 1.807) is 36.7 Å². The second kappa shape index (κ2) is 10.6. The van der Waals surface area contributed by atoms with Crippen molar-refractivity contribution in [2.24, 2.45) is 7.05 Å². The van der Waals surface area contributed by atoms with Crippen LogP contribution in [-0.4, -0.2) is 37.0 Å². The maximum absolute atomic E-state index is 12.6. The molecule has 0 aliphatic carbocycles. The maximum Gasteiger partial charge on any atom is 0.240 e. The van der Waals surface area contributed by atoms with Gasteiger partial charge in [-0.2, -0.15) is 0 Å². The predicted molar refractivity (Wildman–Crippen MR) is 122 cm³/mol. The molecule has 0 bridgehead atoms. The summed E-state index contributed by atoms with van der Waals surface area (Å²) >= 11 is 5.98. The van der Waals surface area contributed by atoms with Crippen LogP contribution in [0.5, 0.6) is 5.75 Å². The van der Waals surface area contributed by atoms with Gasteiger partial charge in [-0.15, -0.1) is 0 Å². The molecule has 8 nitrogen and oxygen atoms in total. The van der Waals surface area contributed by atoms with E-state index in [2.05, 4.69) is 15.0 Å². The average Bonchev–Trinajstić information content (AvgIpc) is 3.19. The number of aromatic nitrogens is 2. The SMILES string of the molecule is CCOc1ccc(S(=O)(=O)NCCC(=O)NC(c2ccc(Cl)cc2)c2nccn2C)cc1. The highest BCUT2D eigenvalue weighted by Gasteiger charge is 2.21. The third kappa shape index (κ3) is 6.09. The van der Waals surface area contributed by atoms with Crippen molar-refractivity contribution in [3.8, 4) is 5.75 Å². The van der Waals surface area contributed by atoms with Gasteiger partial charge in [-0.3, -0.25) is 4.79 Å². The lowest BCUT2D eigenvalue weighted by Gasteiger charge is -2.19. The van der Waals surface area contributed by atoms with Crippen molar-refractivity contribution in [3.05, 3.63) is 77.3 Å². The zero-order valence-corrected chi connectivity index (χ0v) is 19.4. The number of hydrogen-bond acceptors (Lipinski definition) is 5. The summed E-state index contributed by atoms with van der Waals surface area (Å²) < 4.78 is 34.6. The van der Waals surface area contributed by atoms with E-state index >= 15 is 0 Å². The molecule has 1 amide bonds. The molecular weight excluding hydrogens is 452 g/mol. The van der Waals surface area contributed by atoms with Crippen molar-refractivity contribution < 1.29 is 17.9 Å². The maximum atomic E-state index is 12.6. The normalized spacial score (nSPS) is 12.3. The van der Waals surface area contributed by atoms with Crippen molar-refractivity contribution in [2.45, 2.75) is 24.3 Å². The minimum absolute atomic E-state index is 0.0369. The molecule has 0 spiro atoms. The number of aryl methyl sites for hydroxylation is 1. The molecule has 1 unspecified atom stereocenters. The number of rotatable bonds is 10. The van der Waals surface area contributed by atoms with Crippen LogP contribution in [0.2, 0.25) is 5.02 Å². The summed E-state index contributed by atoms with van der Waals surface area (Å²) in [7, 11) is -1.90. The molecule has 0 aliphatic rings. The van der Waals surface area contributed by atoms with Crippen molar-refractivity contribution in [1.82, 2.24) is 19.6 Å². The van der Waals surface area contributed by atoms with Gasteiger partial charge in [0.1, 0.15) is 17.6 Å². The number of ether oxygens (including phenoxy) is 1. The molecular formula is C22H25ClN4O4S. The zero-order chi connectivity index (χ0) is 23.1. The van der Waals surface area contributed by atoms with Gasteiger partial charge in [0.25, 0.3) is 0 Å². The predicted octanol–water partition coefficient (Wildman–Crippen LogP) is 3.05. The van der Waals surface area contributed by atoms with Crippen LogP contribution in [0.3, 0.4) is 0 Å². The second-order valence-electron chi connectivity index (χ2n) is 7.00. The molecule has 10 heteroatoms. The smallest absolute Gasteiger partial charge is 0.240 e. The van der Waals surface area contributed by atoms with Gasteiger partial charge in [0.15, 0.2) is 0 Å². The standard InChI is InChI=1S/C22H25ClN4O4S/c1-3-31-18-8-10-19(11-9-18)32(29,30)25-13-12-20(28)26-21(22-24-14-15-27(22)2)16-4-6-17(23)7-5-16/h4-11,14-15,21,25H,3,12-13H2,1-2H3,(H,26,28). The van der Waals surface area contributed by atoms with Crippen LogP contribution in [0.4, 0.5) is 0 Å². The van der Waals surface area contributed by atoms with Crippen LogP contribution in [0.15, 0.2) is 65.8 Å². The Morgan fingerprint density at radius 1 is 1.16 bits per heavy atom. The molecule has 0 saturated carbocycles. The van der Waals surface area contributed by atoms with E-state index in [1.165, 1.54) is 12.1 Å². The Balaban J connectivity index is 1.62. The first-order chi connectivity index (χ1) is 15.3. The lowest BCUT2D eigenvalue weighted by atomic mass is 10.1. The molecule has 0 aliphatic heterocycles. The Bertz CT molecular complexity index is 1150. The van der Waals surface area contributed by atoms with Crippen LogP contribution in [-0.2, 0) is 21.9 Å². The van der Waals surface area contributed by atoms with Gasteiger partial charge in [-0.1, -0.05) is 23.7 Å². The van der Waals surface area contributed by atoms with E-state index < -0.39 is 16.1 Å². The van der Waals surface area contributed by atoms with E-state index in [1.807, 2.05) is 30.7 Å². The van der Waals surface area contributed by atoms with Gasteiger partial charge >= 0.3 is 0 Å². The minimum Gasteiger partial charge on any atom is -0.494 e. The average molecular weight is 477 g/mol. The Morgan fingerprint density at radius 2 is 1.84 bits per heavy atom. The summed E-state index contributed by atoms with van der Waals surface area (Å²) in [5.74, 6) is 0.923. The van der Waals surface area contributed by atoms with Gasteiger partial charge in [0, 0.05) is 37.4 Å². The molecule has 1 atom stereocenters. The third-order valence-electron chi connectivity index (χ3n) is 4.71. The first-order valence-electron chi connectivity index (χ1n) is 10.0. The summed E-state index contributed by atoms with van der Waals surface area (Å²) in [6, 6.07) is 12.7. The second-order valence-corrected chi connectivity index (χ2v) is 9.20. The molecule has 1 heterocycles. The van der Waals surface area contributed by atoms with Gasteiger partial charge in [-0.05, 0) is 48.9 Å². The highest BCUT2D eigenvalue weighted by atomic mass is 35.5. The fraction of sp³-hybridized carbons (Fsp3) is 0.273. The summed E-state index contributed by atoms with van der Waals surface area (Å²) in [4.78, 5) is 17.1. The first-order valence-corrected chi connectivity index (χ1v) is 11.9. The number of nitrogens with one attached hydrogen (secondary N) is 2.